The van der Waals surface area contributed by atoms with Crippen molar-refractivity contribution in [3.05, 3.63) is 65.0 Å². The molecule has 28 heavy (non-hydrogen) atoms. The van der Waals surface area contributed by atoms with Gasteiger partial charge in [0, 0.05) is 37.4 Å². The van der Waals surface area contributed by atoms with E-state index < -0.39 is 17.5 Å². The van der Waals surface area contributed by atoms with Crippen LogP contribution in [-0.4, -0.2) is 46.5 Å². The van der Waals surface area contributed by atoms with Gasteiger partial charge in [0.15, 0.2) is 0 Å². The van der Waals surface area contributed by atoms with Crippen molar-refractivity contribution >= 4 is 22.8 Å². The van der Waals surface area contributed by atoms with Gasteiger partial charge < -0.3 is 18.6 Å². The maximum absolute atomic E-state index is 13.0. The number of amides is 1. The van der Waals surface area contributed by atoms with Gasteiger partial charge in [-0.05, 0) is 18.6 Å². The van der Waals surface area contributed by atoms with E-state index in [0.29, 0.717) is 30.5 Å². The Morgan fingerprint density at radius 1 is 1.25 bits per heavy atom. The maximum Gasteiger partial charge on any atom is 0.349 e. The number of methoxy groups -OCH3 is 1. The van der Waals surface area contributed by atoms with Gasteiger partial charge in [-0.2, -0.15) is 0 Å². The van der Waals surface area contributed by atoms with Crippen LogP contribution >= 0.6 is 0 Å². The van der Waals surface area contributed by atoms with Crippen LogP contribution in [0.15, 0.2) is 58.3 Å². The Balaban J connectivity index is 1.79. The van der Waals surface area contributed by atoms with Crippen LogP contribution in [0.4, 0.5) is 0 Å². The number of esters is 1. The maximum atomic E-state index is 13.0. The smallest absolute Gasteiger partial charge is 0.349 e. The third-order valence-corrected chi connectivity index (χ3v) is 4.38. The summed E-state index contributed by atoms with van der Waals surface area (Å²) < 4.78 is 11.8. The first-order valence-corrected chi connectivity index (χ1v) is 8.93. The highest BCUT2D eigenvalue weighted by Crippen LogP contribution is 2.14. The van der Waals surface area contributed by atoms with Gasteiger partial charge in [-0.3, -0.25) is 9.59 Å². The number of fused-ring (bicyclic) bond motifs is 1. The number of para-hydroxylation sites is 1. The van der Waals surface area contributed by atoms with Gasteiger partial charge in [0.25, 0.3) is 5.91 Å². The van der Waals surface area contributed by atoms with Gasteiger partial charge in [0.05, 0.1) is 19.9 Å². The Hall–Kier alpha value is -3.42. The molecular formula is C20H21N3O5. The molecule has 2 heterocycles. The van der Waals surface area contributed by atoms with Gasteiger partial charge in [-0.25, -0.2) is 9.78 Å². The molecule has 0 unspecified atom stereocenters. The van der Waals surface area contributed by atoms with Gasteiger partial charge >= 0.3 is 11.6 Å². The molecule has 8 heteroatoms. The van der Waals surface area contributed by atoms with E-state index in [1.165, 1.54) is 18.1 Å². The molecule has 1 aromatic carbocycles. The summed E-state index contributed by atoms with van der Waals surface area (Å²) in [6.07, 6.45) is 5.89. The lowest BCUT2D eigenvalue weighted by atomic mass is 10.1. The Labute approximate surface area is 161 Å². The first kappa shape index (κ1) is 19.3. The normalized spacial score (nSPS) is 10.8. The fraction of sp³-hybridized carbons (Fsp3) is 0.300. The Kier molecular flexibility index (Phi) is 6.21. The van der Waals surface area contributed by atoms with E-state index in [9.17, 15) is 14.4 Å². The summed E-state index contributed by atoms with van der Waals surface area (Å²) in [4.78, 5) is 42.3. The third kappa shape index (κ3) is 4.64. The number of hydrogen-bond acceptors (Lipinski definition) is 6. The minimum Gasteiger partial charge on any atom is -0.469 e. The lowest BCUT2D eigenvalue weighted by Gasteiger charge is -2.22. The first-order chi connectivity index (χ1) is 13.6. The molecule has 0 aliphatic carbocycles. The summed E-state index contributed by atoms with van der Waals surface area (Å²) in [6.45, 7) is 1.19. The predicted molar refractivity (Wildman–Crippen MR) is 102 cm³/mol. The minimum atomic E-state index is -0.693. The van der Waals surface area contributed by atoms with Crippen LogP contribution in [0.2, 0.25) is 0 Å². The molecule has 1 amide bonds. The van der Waals surface area contributed by atoms with Crippen LogP contribution in [0.1, 0.15) is 23.2 Å². The molecule has 0 bridgehead atoms. The quantitative estimate of drug-likeness (QED) is 0.437. The van der Waals surface area contributed by atoms with Crippen molar-refractivity contribution in [1.82, 2.24) is 14.5 Å². The molecule has 0 saturated heterocycles. The number of carbonyl (C=O) groups is 2. The fourth-order valence-corrected chi connectivity index (χ4v) is 2.89. The van der Waals surface area contributed by atoms with Crippen LogP contribution in [0.3, 0.4) is 0 Å². The summed E-state index contributed by atoms with van der Waals surface area (Å²) in [5.41, 5.74) is -0.321. The molecule has 0 aliphatic rings. The first-order valence-electron chi connectivity index (χ1n) is 8.93. The number of carbonyl (C=O) groups excluding carboxylic acids is 2. The molecule has 0 radical (unpaired) electrons. The third-order valence-electron chi connectivity index (χ3n) is 4.38. The molecule has 0 N–H and O–H groups in total. The van der Waals surface area contributed by atoms with Crippen LogP contribution < -0.4 is 5.63 Å². The summed E-state index contributed by atoms with van der Waals surface area (Å²) >= 11 is 0. The highest BCUT2D eigenvalue weighted by molar-refractivity contribution is 5.96. The topological polar surface area (TPSA) is 94.6 Å². The number of hydrogen-bond donors (Lipinski definition) is 0. The van der Waals surface area contributed by atoms with E-state index in [1.807, 2.05) is 10.8 Å². The van der Waals surface area contributed by atoms with Crippen LogP contribution in [0, 0.1) is 0 Å². The van der Waals surface area contributed by atoms with E-state index in [1.54, 1.807) is 36.8 Å². The van der Waals surface area contributed by atoms with Gasteiger partial charge in [0.2, 0.25) is 0 Å². The predicted octanol–water partition coefficient (Wildman–Crippen LogP) is 2.09. The monoisotopic (exact) mass is 383 g/mol. The zero-order valence-corrected chi connectivity index (χ0v) is 15.5. The average molecular weight is 383 g/mol. The van der Waals surface area contributed by atoms with E-state index in [0.717, 1.165) is 0 Å². The lowest BCUT2D eigenvalue weighted by molar-refractivity contribution is -0.140. The molecule has 146 valence electrons. The number of nitrogens with zero attached hydrogens (tertiary/aromatic N) is 3. The van der Waals surface area contributed by atoms with Gasteiger partial charge in [-0.15, -0.1) is 0 Å². The molecule has 3 aromatic rings. The van der Waals surface area contributed by atoms with Crippen molar-refractivity contribution in [2.45, 2.75) is 19.4 Å². The van der Waals surface area contributed by atoms with Crippen molar-refractivity contribution in [1.29, 1.82) is 0 Å². The molecule has 3 rings (SSSR count). The molecule has 0 fully saturated rings. The highest BCUT2D eigenvalue weighted by atomic mass is 16.5. The van der Waals surface area contributed by atoms with Crippen LogP contribution in [0.5, 0.6) is 0 Å². The van der Waals surface area contributed by atoms with Crippen LogP contribution in [0.25, 0.3) is 11.0 Å². The zero-order valence-electron chi connectivity index (χ0n) is 15.5. The summed E-state index contributed by atoms with van der Waals surface area (Å²) in [7, 11) is 1.30. The van der Waals surface area contributed by atoms with Gasteiger partial charge in [-0.1, -0.05) is 18.2 Å². The van der Waals surface area contributed by atoms with E-state index >= 15 is 0 Å². The van der Waals surface area contributed by atoms with Crippen molar-refractivity contribution in [2.24, 2.45) is 0 Å². The molecule has 0 spiro atoms. The number of ether oxygens (including phenoxy) is 1. The van der Waals surface area contributed by atoms with E-state index in [4.69, 9.17) is 4.42 Å². The molecule has 0 aliphatic heterocycles. The molecule has 0 saturated carbocycles. The summed E-state index contributed by atoms with van der Waals surface area (Å²) in [5.74, 6) is -0.882. The second kappa shape index (κ2) is 8.98. The van der Waals surface area contributed by atoms with Crippen molar-refractivity contribution in [3.63, 3.8) is 0 Å². The highest BCUT2D eigenvalue weighted by Gasteiger charge is 2.21. The Bertz CT molecular complexity index is 1010. The van der Waals surface area contributed by atoms with Crippen molar-refractivity contribution in [2.75, 3.05) is 20.2 Å². The second-order valence-corrected chi connectivity index (χ2v) is 6.26. The summed E-state index contributed by atoms with van der Waals surface area (Å²) in [5, 5.41) is 0.664. The minimum absolute atomic E-state index is 0.0478. The Morgan fingerprint density at radius 2 is 2.07 bits per heavy atom. The second-order valence-electron chi connectivity index (χ2n) is 6.26. The molecule has 0 atom stereocenters. The number of rotatable bonds is 8. The fourth-order valence-electron chi connectivity index (χ4n) is 2.89. The Morgan fingerprint density at radius 3 is 2.82 bits per heavy atom. The standard InChI is InChI=1S/C20H21N3O5/c1-27-18(24)7-11-23(10-4-9-22-12-8-21-14-22)19(25)16-13-15-5-2-3-6-17(15)28-20(16)26/h2-3,5-6,8,12-14H,4,7,9-11H2,1H3. The van der Waals surface area contributed by atoms with E-state index in [2.05, 4.69) is 9.72 Å². The largest absolute Gasteiger partial charge is 0.469 e. The number of imidazole rings is 1. The lowest BCUT2D eigenvalue weighted by Crippen LogP contribution is -2.37. The van der Waals surface area contributed by atoms with Crippen molar-refractivity contribution in [3.8, 4) is 0 Å². The molecule has 8 nitrogen and oxygen atoms in total. The number of aryl methyl sites for hydroxylation is 1. The average Bonchev–Trinajstić information content (AvgIpc) is 3.22. The summed E-state index contributed by atoms with van der Waals surface area (Å²) in [6, 6.07) is 8.53. The van der Waals surface area contributed by atoms with E-state index in [-0.39, 0.29) is 18.5 Å². The molecule has 2 aromatic heterocycles. The number of benzene rings is 1. The molecular weight excluding hydrogens is 362 g/mol. The van der Waals surface area contributed by atoms with Crippen molar-refractivity contribution < 1.29 is 18.7 Å². The number of aromatic nitrogens is 2. The van der Waals surface area contributed by atoms with Crippen LogP contribution in [-0.2, 0) is 16.1 Å². The van der Waals surface area contributed by atoms with Gasteiger partial charge in [0.1, 0.15) is 11.1 Å². The zero-order chi connectivity index (χ0) is 19.9. The SMILES string of the molecule is COC(=O)CCN(CCCn1ccnc1)C(=O)c1cc2ccccc2oc1=O.